The van der Waals surface area contributed by atoms with E-state index in [-0.39, 0.29) is 6.04 Å². The van der Waals surface area contributed by atoms with Gasteiger partial charge in [-0.1, -0.05) is 27.7 Å². The lowest BCUT2D eigenvalue weighted by Gasteiger charge is -2.39. The first kappa shape index (κ1) is 17.1. The maximum atomic E-state index is 6.13. The third-order valence-corrected chi connectivity index (χ3v) is 4.05. The Bertz CT molecular complexity index is 386. The molecule has 1 aromatic rings. The van der Waals surface area contributed by atoms with Crippen LogP contribution in [0.3, 0.4) is 0 Å². The van der Waals surface area contributed by atoms with E-state index in [4.69, 9.17) is 5.73 Å². The second kappa shape index (κ2) is 8.38. The fourth-order valence-corrected chi connectivity index (χ4v) is 2.98. The zero-order valence-corrected chi connectivity index (χ0v) is 13.8. The number of nitrogens with zero attached hydrogens (tertiary/aromatic N) is 2. The largest absolute Gasteiger partial charge is 0.329 e. The minimum absolute atomic E-state index is 0.274. The second-order valence-corrected chi connectivity index (χ2v) is 6.04. The number of rotatable bonds is 8. The number of pyridine rings is 1. The van der Waals surface area contributed by atoms with E-state index < -0.39 is 0 Å². The second-order valence-electron chi connectivity index (χ2n) is 6.04. The molecule has 0 aromatic carbocycles. The molecule has 0 saturated heterocycles. The molecule has 1 atom stereocenters. The van der Waals surface area contributed by atoms with Crippen molar-refractivity contribution in [3.8, 4) is 0 Å². The molecule has 0 fully saturated rings. The van der Waals surface area contributed by atoms with E-state index in [1.807, 2.05) is 12.4 Å². The molecule has 1 aromatic heterocycles. The molecule has 0 spiro atoms. The first-order chi connectivity index (χ1) is 9.54. The van der Waals surface area contributed by atoms with Gasteiger partial charge in [0.2, 0.25) is 0 Å². The summed E-state index contributed by atoms with van der Waals surface area (Å²) in [6.45, 7) is 13.0. The van der Waals surface area contributed by atoms with Gasteiger partial charge in [-0.2, -0.15) is 0 Å². The summed E-state index contributed by atoms with van der Waals surface area (Å²) in [7, 11) is 0. The minimum Gasteiger partial charge on any atom is -0.329 e. The molecule has 20 heavy (non-hydrogen) atoms. The molecule has 1 unspecified atom stereocenters. The maximum absolute atomic E-state index is 6.13. The van der Waals surface area contributed by atoms with Crippen LogP contribution in [-0.4, -0.2) is 29.0 Å². The predicted molar refractivity (Wildman–Crippen MR) is 86.7 cm³/mol. The lowest BCUT2D eigenvalue weighted by atomic mass is 9.97. The monoisotopic (exact) mass is 277 g/mol. The van der Waals surface area contributed by atoms with Gasteiger partial charge in [0, 0.05) is 37.6 Å². The minimum atomic E-state index is 0.274. The van der Waals surface area contributed by atoms with E-state index in [1.54, 1.807) is 0 Å². The highest BCUT2D eigenvalue weighted by Crippen LogP contribution is 2.27. The molecule has 0 radical (unpaired) electrons. The molecular formula is C17H31N3. The smallest absolute Gasteiger partial charge is 0.0491 e. The summed E-state index contributed by atoms with van der Waals surface area (Å²) in [5, 5.41) is 0. The Balaban J connectivity index is 3.10. The molecule has 0 bridgehead atoms. The van der Waals surface area contributed by atoms with Crippen LogP contribution >= 0.6 is 0 Å². The molecule has 3 heteroatoms. The molecule has 1 rings (SSSR count). The Kier molecular flexibility index (Phi) is 7.17. The SMILES string of the molecule is CCC(CC)N(CC(C)C)C(CN)c1cnccc1C. The molecule has 1 heterocycles. The van der Waals surface area contributed by atoms with E-state index >= 15 is 0 Å². The van der Waals surface area contributed by atoms with Crippen LogP contribution in [0.5, 0.6) is 0 Å². The van der Waals surface area contributed by atoms with Crippen molar-refractivity contribution in [2.24, 2.45) is 11.7 Å². The van der Waals surface area contributed by atoms with Crippen molar-refractivity contribution in [1.29, 1.82) is 0 Å². The van der Waals surface area contributed by atoms with E-state index in [0.29, 0.717) is 18.5 Å². The summed E-state index contributed by atoms with van der Waals surface area (Å²) in [5.74, 6) is 0.640. The average Bonchev–Trinajstić information content (AvgIpc) is 2.42. The molecular weight excluding hydrogens is 246 g/mol. The van der Waals surface area contributed by atoms with Crippen molar-refractivity contribution >= 4 is 0 Å². The first-order valence-corrected chi connectivity index (χ1v) is 7.91. The van der Waals surface area contributed by atoms with Gasteiger partial charge < -0.3 is 5.73 Å². The summed E-state index contributed by atoms with van der Waals surface area (Å²) in [4.78, 5) is 6.90. The molecule has 0 amide bonds. The van der Waals surface area contributed by atoms with Crippen molar-refractivity contribution in [3.63, 3.8) is 0 Å². The van der Waals surface area contributed by atoms with Gasteiger partial charge in [-0.25, -0.2) is 0 Å². The molecule has 2 N–H and O–H groups in total. The number of hydrogen-bond acceptors (Lipinski definition) is 3. The Morgan fingerprint density at radius 3 is 2.35 bits per heavy atom. The summed E-state index contributed by atoms with van der Waals surface area (Å²) >= 11 is 0. The predicted octanol–water partition coefficient (Wildman–Crippen LogP) is 3.54. The van der Waals surface area contributed by atoms with Gasteiger partial charge in [0.1, 0.15) is 0 Å². The molecule has 0 aliphatic heterocycles. The zero-order valence-electron chi connectivity index (χ0n) is 13.8. The topological polar surface area (TPSA) is 42.1 Å². The molecule has 0 aliphatic rings. The summed E-state index contributed by atoms with van der Waals surface area (Å²) in [5.41, 5.74) is 8.70. The molecule has 0 aliphatic carbocycles. The van der Waals surface area contributed by atoms with Gasteiger partial charge in [0.15, 0.2) is 0 Å². The number of hydrogen-bond donors (Lipinski definition) is 1. The highest BCUT2D eigenvalue weighted by atomic mass is 15.2. The van der Waals surface area contributed by atoms with Gasteiger partial charge in [0.05, 0.1) is 0 Å². The highest BCUT2D eigenvalue weighted by molar-refractivity contribution is 5.25. The van der Waals surface area contributed by atoms with Gasteiger partial charge in [0.25, 0.3) is 0 Å². The van der Waals surface area contributed by atoms with Crippen LogP contribution in [0.15, 0.2) is 18.5 Å². The van der Waals surface area contributed by atoms with Crippen LogP contribution in [-0.2, 0) is 0 Å². The number of aryl methyl sites for hydroxylation is 1. The van der Waals surface area contributed by atoms with E-state index in [9.17, 15) is 0 Å². The highest BCUT2D eigenvalue weighted by Gasteiger charge is 2.26. The van der Waals surface area contributed by atoms with E-state index in [0.717, 1.165) is 6.54 Å². The Morgan fingerprint density at radius 2 is 1.90 bits per heavy atom. The quantitative estimate of drug-likeness (QED) is 0.790. The maximum Gasteiger partial charge on any atom is 0.0491 e. The Morgan fingerprint density at radius 1 is 1.25 bits per heavy atom. The lowest BCUT2D eigenvalue weighted by molar-refractivity contribution is 0.112. The van der Waals surface area contributed by atoms with E-state index in [1.165, 1.54) is 24.0 Å². The van der Waals surface area contributed by atoms with Crippen LogP contribution in [0.4, 0.5) is 0 Å². The van der Waals surface area contributed by atoms with Crippen molar-refractivity contribution in [3.05, 3.63) is 29.6 Å². The normalized spacial score (nSPS) is 13.4. The average molecular weight is 277 g/mol. The zero-order chi connectivity index (χ0) is 15.1. The summed E-state index contributed by atoms with van der Waals surface area (Å²) < 4.78 is 0. The van der Waals surface area contributed by atoms with E-state index in [2.05, 4.69) is 50.6 Å². The summed E-state index contributed by atoms with van der Waals surface area (Å²) in [6, 6.07) is 2.94. The van der Waals surface area contributed by atoms with Crippen molar-refractivity contribution in [2.45, 2.75) is 59.5 Å². The molecule has 0 saturated carbocycles. The summed E-state index contributed by atoms with van der Waals surface area (Å²) in [6.07, 6.45) is 6.18. The van der Waals surface area contributed by atoms with Gasteiger partial charge in [-0.05, 0) is 42.9 Å². The fourth-order valence-electron chi connectivity index (χ4n) is 2.98. The van der Waals surface area contributed by atoms with Crippen LogP contribution in [0.2, 0.25) is 0 Å². The van der Waals surface area contributed by atoms with Crippen molar-refractivity contribution in [1.82, 2.24) is 9.88 Å². The first-order valence-electron chi connectivity index (χ1n) is 7.91. The Hall–Kier alpha value is -0.930. The van der Waals surface area contributed by atoms with Crippen LogP contribution < -0.4 is 5.73 Å². The molecule has 114 valence electrons. The van der Waals surface area contributed by atoms with Gasteiger partial charge >= 0.3 is 0 Å². The van der Waals surface area contributed by atoms with Crippen LogP contribution in [0, 0.1) is 12.8 Å². The van der Waals surface area contributed by atoms with Crippen molar-refractivity contribution < 1.29 is 0 Å². The van der Waals surface area contributed by atoms with Crippen LogP contribution in [0.25, 0.3) is 0 Å². The van der Waals surface area contributed by atoms with Crippen LogP contribution in [0.1, 0.15) is 57.7 Å². The third-order valence-electron chi connectivity index (χ3n) is 4.05. The van der Waals surface area contributed by atoms with Crippen molar-refractivity contribution in [2.75, 3.05) is 13.1 Å². The van der Waals surface area contributed by atoms with Gasteiger partial charge in [-0.3, -0.25) is 9.88 Å². The lowest BCUT2D eigenvalue weighted by Crippen LogP contribution is -2.43. The molecule has 3 nitrogen and oxygen atoms in total. The number of nitrogens with two attached hydrogens (primary N) is 1. The fraction of sp³-hybridized carbons (Fsp3) is 0.706. The Labute approximate surface area is 124 Å². The van der Waals surface area contributed by atoms with Gasteiger partial charge in [-0.15, -0.1) is 0 Å². The number of aromatic nitrogens is 1. The standard InChI is InChI=1S/C17H31N3/c1-6-15(7-2)20(12-13(3)4)17(10-18)16-11-19-9-8-14(16)5/h8-9,11,13,15,17H,6-7,10,12,18H2,1-5H3. The third kappa shape index (κ3) is 4.29.